The lowest BCUT2D eigenvalue weighted by molar-refractivity contribution is 0.0718. The van der Waals surface area contributed by atoms with Gasteiger partial charge in [0.1, 0.15) is 0 Å². The number of rotatable bonds is 9. The van der Waals surface area contributed by atoms with E-state index in [1.165, 1.54) is 0 Å². The van der Waals surface area contributed by atoms with Crippen molar-refractivity contribution < 1.29 is 13.2 Å². The lowest BCUT2D eigenvalue weighted by Crippen LogP contribution is -2.34. The lowest BCUT2D eigenvalue weighted by atomic mass is 10.1. The van der Waals surface area contributed by atoms with Crippen molar-refractivity contribution in [1.82, 2.24) is 14.5 Å². The topological polar surface area (TPSA) is 72.3 Å². The van der Waals surface area contributed by atoms with E-state index < -0.39 is 9.84 Å². The third kappa shape index (κ3) is 5.65. The first-order valence-electron chi connectivity index (χ1n) is 11.2. The number of imidazole rings is 1. The molecular weight excluding hydrogens is 493 g/mol. The van der Waals surface area contributed by atoms with E-state index in [1.54, 1.807) is 41.4 Å². The zero-order chi connectivity index (χ0) is 24.5. The number of hydrogen-bond acceptors (Lipinski definition) is 4. The summed E-state index contributed by atoms with van der Waals surface area (Å²) in [5.41, 5.74) is 1.78. The highest BCUT2D eigenvalue weighted by molar-refractivity contribution is 7.90. The molecule has 3 aromatic rings. The van der Waals surface area contributed by atoms with Crippen molar-refractivity contribution in [3.05, 3.63) is 81.6 Å². The van der Waals surface area contributed by atoms with E-state index >= 15 is 0 Å². The fourth-order valence-corrected chi connectivity index (χ4v) is 6.02. The molecule has 0 bridgehead atoms. The van der Waals surface area contributed by atoms with Crippen LogP contribution in [-0.2, 0) is 22.1 Å². The summed E-state index contributed by atoms with van der Waals surface area (Å²) >= 11 is 12.3. The van der Waals surface area contributed by atoms with Gasteiger partial charge in [-0.15, -0.1) is 0 Å². The molecule has 0 radical (unpaired) electrons. The van der Waals surface area contributed by atoms with Crippen LogP contribution in [0.2, 0.25) is 10.0 Å². The van der Waals surface area contributed by atoms with Crippen molar-refractivity contribution in [3.8, 4) is 0 Å². The number of hydrogen-bond donors (Lipinski definition) is 0. The molecule has 4 rings (SSSR count). The summed E-state index contributed by atoms with van der Waals surface area (Å²) in [4.78, 5) is 19.4. The summed E-state index contributed by atoms with van der Waals surface area (Å²) in [5, 5.41) is 0.806. The van der Waals surface area contributed by atoms with Crippen LogP contribution in [0, 0.1) is 5.92 Å². The van der Waals surface area contributed by atoms with Gasteiger partial charge in [0.2, 0.25) is 15.0 Å². The summed E-state index contributed by atoms with van der Waals surface area (Å²) in [6.45, 7) is 4.77. The van der Waals surface area contributed by atoms with Gasteiger partial charge in [0.15, 0.2) is 0 Å². The van der Waals surface area contributed by atoms with Crippen LogP contribution in [0.1, 0.15) is 54.3 Å². The maximum Gasteiger partial charge on any atom is 0.255 e. The van der Waals surface area contributed by atoms with Gasteiger partial charge in [-0.25, -0.2) is 13.4 Å². The normalized spacial score (nSPS) is 13.9. The van der Waals surface area contributed by atoms with Gasteiger partial charge in [0, 0.05) is 17.6 Å². The molecule has 1 aromatic heterocycles. The van der Waals surface area contributed by atoms with Crippen molar-refractivity contribution in [2.75, 3.05) is 6.54 Å². The number of amides is 1. The maximum atomic E-state index is 13.4. The summed E-state index contributed by atoms with van der Waals surface area (Å²) in [7, 11) is -3.66. The summed E-state index contributed by atoms with van der Waals surface area (Å²) in [5.74, 6) is -0.146. The first-order valence-corrected chi connectivity index (χ1v) is 13.6. The Kier molecular flexibility index (Phi) is 7.36. The van der Waals surface area contributed by atoms with Crippen LogP contribution in [0.4, 0.5) is 0 Å². The van der Waals surface area contributed by atoms with Crippen molar-refractivity contribution in [1.29, 1.82) is 0 Å². The Hall–Kier alpha value is -2.35. The molecule has 1 aliphatic rings. The molecule has 0 aliphatic heterocycles. The number of aromatic nitrogens is 2. The molecule has 0 unspecified atom stereocenters. The van der Waals surface area contributed by atoms with Gasteiger partial charge in [0.05, 0.1) is 34.8 Å². The second-order valence-electron chi connectivity index (χ2n) is 9.08. The first kappa shape index (κ1) is 24.8. The van der Waals surface area contributed by atoms with Crippen LogP contribution in [0.25, 0.3) is 0 Å². The molecule has 1 heterocycles. The average Bonchev–Trinajstić information content (AvgIpc) is 3.52. The number of benzene rings is 2. The molecular formula is C25H27Cl2N3O3S. The standard InChI is InChI=1S/C25H27Cl2N3O3S/c1-17(2)14-29(24(31)22-11-8-19(26)12-23(22)27)15-21-13-28-25(30(21)20-9-10-20)34(32,33)16-18-6-4-3-5-7-18/h3-8,11-13,17,20H,9-10,14-16H2,1-2H3. The third-order valence-electron chi connectivity index (χ3n) is 5.62. The van der Waals surface area contributed by atoms with Crippen molar-refractivity contribution in [3.63, 3.8) is 0 Å². The monoisotopic (exact) mass is 519 g/mol. The summed E-state index contributed by atoms with van der Waals surface area (Å²) < 4.78 is 28.3. The van der Waals surface area contributed by atoms with E-state index in [2.05, 4.69) is 4.98 Å². The molecule has 0 atom stereocenters. The van der Waals surface area contributed by atoms with Crippen molar-refractivity contribution >= 4 is 38.9 Å². The summed E-state index contributed by atoms with van der Waals surface area (Å²) in [6.07, 6.45) is 3.36. The van der Waals surface area contributed by atoms with Crippen molar-refractivity contribution in [2.45, 2.75) is 50.2 Å². The molecule has 34 heavy (non-hydrogen) atoms. The Labute approximate surface area is 210 Å². The Bertz CT molecular complexity index is 1290. The molecule has 1 amide bonds. The first-order chi connectivity index (χ1) is 16.2. The number of nitrogens with zero attached hydrogens (tertiary/aromatic N) is 3. The molecule has 0 N–H and O–H groups in total. The number of halogens is 2. The second-order valence-corrected chi connectivity index (χ2v) is 11.8. The SMILES string of the molecule is CC(C)CN(Cc1cnc(S(=O)(=O)Cc2ccccc2)n1C1CC1)C(=O)c1ccc(Cl)cc1Cl. The maximum absolute atomic E-state index is 13.4. The van der Waals surface area contributed by atoms with E-state index in [9.17, 15) is 13.2 Å². The molecule has 0 spiro atoms. The smallest absolute Gasteiger partial charge is 0.255 e. The molecule has 2 aromatic carbocycles. The quantitative estimate of drug-likeness (QED) is 0.358. The lowest BCUT2D eigenvalue weighted by Gasteiger charge is -2.26. The van der Waals surface area contributed by atoms with Crippen LogP contribution in [-0.4, -0.2) is 35.3 Å². The van der Waals surface area contributed by atoms with Gasteiger partial charge in [-0.1, -0.05) is 67.4 Å². The minimum Gasteiger partial charge on any atom is -0.332 e. The minimum absolute atomic E-state index is 0.0651. The Morgan fingerprint density at radius 2 is 1.85 bits per heavy atom. The van der Waals surface area contributed by atoms with Crippen LogP contribution in [0.3, 0.4) is 0 Å². The van der Waals surface area contributed by atoms with Crippen LogP contribution in [0.5, 0.6) is 0 Å². The predicted octanol–water partition coefficient (Wildman–Crippen LogP) is 5.80. The van der Waals surface area contributed by atoms with Gasteiger partial charge < -0.3 is 9.47 Å². The second kappa shape index (κ2) is 10.1. The molecule has 9 heteroatoms. The highest BCUT2D eigenvalue weighted by Crippen LogP contribution is 2.39. The number of sulfone groups is 1. The number of carbonyl (C=O) groups excluding carboxylic acids is 1. The highest BCUT2D eigenvalue weighted by atomic mass is 35.5. The van der Waals surface area contributed by atoms with Gasteiger partial charge in [-0.3, -0.25) is 4.79 Å². The van der Waals surface area contributed by atoms with E-state index in [0.29, 0.717) is 28.4 Å². The third-order valence-corrected chi connectivity index (χ3v) is 7.74. The van der Waals surface area contributed by atoms with E-state index in [4.69, 9.17) is 23.2 Å². The highest BCUT2D eigenvalue weighted by Gasteiger charge is 2.34. The average molecular weight is 520 g/mol. The molecule has 0 saturated heterocycles. The van der Waals surface area contributed by atoms with Crippen LogP contribution >= 0.6 is 23.2 Å². The fraction of sp³-hybridized carbons (Fsp3) is 0.360. The van der Waals surface area contributed by atoms with E-state index in [0.717, 1.165) is 12.8 Å². The van der Waals surface area contributed by atoms with Gasteiger partial charge in [-0.2, -0.15) is 0 Å². The Morgan fingerprint density at radius 1 is 1.15 bits per heavy atom. The van der Waals surface area contributed by atoms with Gasteiger partial charge >= 0.3 is 0 Å². The largest absolute Gasteiger partial charge is 0.332 e. The van der Waals surface area contributed by atoms with Crippen LogP contribution < -0.4 is 0 Å². The van der Waals surface area contributed by atoms with Crippen molar-refractivity contribution in [2.24, 2.45) is 5.92 Å². The zero-order valence-electron chi connectivity index (χ0n) is 19.1. The predicted molar refractivity (Wildman–Crippen MR) is 134 cm³/mol. The Balaban J connectivity index is 1.66. The van der Waals surface area contributed by atoms with E-state index in [1.807, 2.05) is 36.6 Å². The molecule has 6 nitrogen and oxygen atoms in total. The van der Waals surface area contributed by atoms with Gasteiger partial charge in [0.25, 0.3) is 5.91 Å². The molecule has 1 fully saturated rings. The minimum atomic E-state index is -3.66. The number of carbonyl (C=O) groups is 1. The van der Waals surface area contributed by atoms with E-state index in [-0.39, 0.29) is 40.3 Å². The Morgan fingerprint density at radius 3 is 2.47 bits per heavy atom. The molecule has 180 valence electrons. The molecule has 1 aliphatic carbocycles. The fourth-order valence-electron chi connectivity index (χ4n) is 3.99. The summed E-state index contributed by atoms with van der Waals surface area (Å²) in [6, 6.07) is 14.0. The van der Waals surface area contributed by atoms with Crippen LogP contribution in [0.15, 0.2) is 59.9 Å². The zero-order valence-corrected chi connectivity index (χ0v) is 21.4. The molecule has 1 saturated carbocycles. The van der Waals surface area contributed by atoms with Gasteiger partial charge in [-0.05, 0) is 42.5 Å².